The van der Waals surface area contributed by atoms with Crippen LogP contribution < -0.4 is 4.90 Å². The third kappa shape index (κ3) is 3.70. The summed E-state index contributed by atoms with van der Waals surface area (Å²) in [6.07, 6.45) is 6.04. The zero-order chi connectivity index (χ0) is 21.6. The predicted octanol–water partition coefficient (Wildman–Crippen LogP) is 4.00. The third-order valence-corrected chi connectivity index (χ3v) is 6.91. The van der Waals surface area contributed by atoms with E-state index in [1.165, 1.54) is 9.13 Å². The second kappa shape index (κ2) is 7.87. The fourth-order valence-electron chi connectivity index (χ4n) is 4.32. The molecule has 1 saturated carbocycles. The Morgan fingerprint density at radius 1 is 1.16 bits per heavy atom. The minimum Gasteiger partial charge on any atom is -0.395 e. The molecule has 5 rings (SSSR count). The van der Waals surface area contributed by atoms with Crippen molar-refractivity contribution < 1.29 is 9.90 Å². The molecule has 1 aliphatic carbocycles. The zero-order valence-corrected chi connectivity index (χ0v) is 19.4. The van der Waals surface area contributed by atoms with E-state index in [4.69, 9.17) is 5.11 Å². The molecule has 1 aliphatic heterocycles. The average molecular weight is 526 g/mol. The number of carbonyl (C=O) groups is 1. The topological polar surface area (TPSA) is 69.6 Å². The number of fused-ring (bicyclic) bond motifs is 2. The van der Waals surface area contributed by atoms with Gasteiger partial charge < -0.3 is 14.9 Å². The lowest BCUT2D eigenvalue weighted by atomic mass is 9.97. The van der Waals surface area contributed by atoms with Crippen LogP contribution in [0.1, 0.15) is 28.8 Å². The number of amides is 1. The molecule has 2 aliphatic rings. The molecule has 1 spiro atoms. The van der Waals surface area contributed by atoms with Gasteiger partial charge in [0, 0.05) is 58.3 Å². The Labute approximate surface area is 195 Å². The minimum atomic E-state index is -0.0940. The number of aromatic nitrogens is 2. The number of hydrogen-bond donors (Lipinski definition) is 1. The van der Waals surface area contributed by atoms with Crippen LogP contribution in [-0.2, 0) is 5.41 Å². The number of hydrogen-bond acceptors (Lipinski definition) is 5. The quantitative estimate of drug-likeness (QED) is 0.510. The van der Waals surface area contributed by atoms with Gasteiger partial charge in [0.2, 0.25) is 5.95 Å². The highest BCUT2D eigenvalue weighted by Gasteiger charge is 2.52. The van der Waals surface area contributed by atoms with Crippen LogP contribution in [0.3, 0.4) is 0 Å². The molecule has 0 radical (unpaired) electrons. The van der Waals surface area contributed by atoms with Crippen molar-refractivity contribution in [1.82, 2.24) is 14.9 Å². The van der Waals surface area contributed by atoms with Crippen molar-refractivity contribution >= 4 is 40.1 Å². The van der Waals surface area contributed by atoms with E-state index in [0.717, 1.165) is 36.2 Å². The van der Waals surface area contributed by atoms with Crippen molar-refractivity contribution in [3.63, 3.8) is 0 Å². The first kappa shape index (κ1) is 20.4. The van der Waals surface area contributed by atoms with E-state index in [9.17, 15) is 4.79 Å². The smallest absolute Gasteiger partial charge is 0.253 e. The summed E-state index contributed by atoms with van der Waals surface area (Å²) in [4.78, 5) is 25.8. The average Bonchev–Trinajstić information content (AvgIpc) is 3.50. The molecule has 2 heterocycles. The van der Waals surface area contributed by atoms with E-state index in [1.54, 1.807) is 11.9 Å². The van der Waals surface area contributed by atoms with Gasteiger partial charge in [-0.1, -0.05) is 18.2 Å². The lowest BCUT2D eigenvalue weighted by Crippen LogP contribution is -2.29. The van der Waals surface area contributed by atoms with Gasteiger partial charge in [0.15, 0.2) is 0 Å². The fraction of sp³-hybridized carbons (Fsp3) is 0.292. The van der Waals surface area contributed by atoms with Gasteiger partial charge in [0.1, 0.15) is 0 Å². The molecule has 1 aromatic heterocycles. The predicted molar refractivity (Wildman–Crippen MR) is 129 cm³/mol. The van der Waals surface area contributed by atoms with Gasteiger partial charge in [-0.25, -0.2) is 9.97 Å². The maximum Gasteiger partial charge on any atom is 0.253 e. The Morgan fingerprint density at radius 3 is 2.61 bits per heavy atom. The Balaban J connectivity index is 1.48. The summed E-state index contributed by atoms with van der Waals surface area (Å²) in [6.45, 7) is 1.10. The van der Waals surface area contributed by atoms with Gasteiger partial charge in [0.05, 0.1) is 6.61 Å². The maximum absolute atomic E-state index is 12.7. The first-order valence-corrected chi connectivity index (χ1v) is 11.4. The van der Waals surface area contributed by atoms with E-state index < -0.39 is 0 Å². The highest BCUT2D eigenvalue weighted by Crippen LogP contribution is 2.57. The van der Waals surface area contributed by atoms with Gasteiger partial charge in [-0.3, -0.25) is 4.79 Å². The summed E-state index contributed by atoms with van der Waals surface area (Å²) in [5.41, 5.74) is 5.15. The molecule has 0 bridgehead atoms. The van der Waals surface area contributed by atoms with Crippen LogP contribution in [-0.4, -0.2) is 52.6 Å². The molecule has 2 aromatic carbocycles. The molecule has 1 amide bonds. The van der Waals surface area contributed by atoms with E-state index in [0.29, 0.717) is 18.1 Å². The SMILES string of the molecule is CN(CCO)C(=O)c1ccc2c(c1)N(c1ncc(-c3cccc(I)c3)cn1)CC21CC1. The highest BCUT2D eigenvalue weighted by molar-refractivity contribution is 14.1. The van der Waals surface area contributed by atoms with Crippen LogP contribution in [0.25, 0.3) is 11.1 Å². The molecule has 0 saturated heterocycles. The van der Waals surface area contributed by atoms with Gasteiger partial charge >= 0.3 is 0 Å². The molecule has 3 aromatic rings. The molecule has 6 nitrogen and oxygen atoms in total. The number of benzene rings is 2. The number of aliphatic hydroxyl groups is 1. The first-order chi connectivity index (χ1) is 15.0. The number of halogens is 1. The van der Waals surface area contributed by atoms with Crippen LogP contribution in [0.4, 0.5) is 11.6 Å². The number of likely N-dealkylation sites (N-methyl/N-ethyl adjacent to an activating group) is 1. The summed E-state index contributed by atoms with van der Waals surface area (Å²) < 4.78 is 1.17. The number of anilines is 2. The van der Waals surface area contributed by atoms with Crippen molar-refractivity contribution in [3.05, 3.63) is 69.6 Å². The van der Waals surface area contributed by atoms with Gasteiger partial charge in [0.25, 0.3) is 5.91 Å². The van der Waals surface area contributed by atoms with Gasteiger partial charge in [-0.2, -0.15) is 0 Å². The van der Waals surface area contributed by atoms with Crippen molar-refractivity contribution in [1.29, 1.82) is 0 Å². The van der Waals surface area contributed by atoms with Crippen LogP contribution in [0.15, 0.2) is 54.9 Å². The molecular weight excluding hydrogens is 503 g/mol. The van der Waals surface area contributed by atoms with Crippen LogP contribution >= 0.6 is 22.6 Å². The van der Waals surface area contributed by atoms with E-state index in [-0.39, 0.29) is 17.9 Å². The fourth-order valence-corrected chi connectivity index (χ4v) is 4.86. The van der Waals surface area contributed by atoms with Crippen molar-refractivity contribution in [2.75, 3.05) is 31.6 Å². The van der Waals surface area contributed by atoms with Gasteiger partial charge in [-0.05, 0) is 70.8 Å². The summed E-state index contributed by atoms with van der Waals surface area (Å²) in [5, 5.41) is 9.16. The summed E-state index contributed by atoms with van der Waals surface area (Å²) in [6, 6.07) is 14.2. The highest BCUT2D eigenvalue weighted by atomic mass is 127. The molecule has 158 valence electrons. The number of carbonyl (C=O) groups excluding carboxylic acids is 1. The second-order valence-electron chi connectivity index (χ2n) is 8.33. The minimum absolute atomic E-state index is 0.0525. The number of nitrogens with zero attached hydrogens (tertiary/aromatic N) is 4. The Kier molecular flexibility index (Phi) is 5.18. The van der Waals surface area contributed by atoms with Crippen molar-refractivity contribution in [2.45, 2.75) is 18.3 Å². The molecule has 1 N–H and O–H groups in total. The Bertz CT molecular complexity index is 1140. The normalized spacial score (nSPS) is 15.8. The number of rotatable bonds is 5. The molecule has 0 unspecified atom stereocenters. The van der Waals surface area contributed by atoms with Crippen LogP contribution in [0.2, 0.25) is 0 Å². The monoisotopic (exact) mass is 526 g/mol. The standard InChI is InChI=1S/C24H23IN4O2/c1-28(9-10-30)22(31)17-5-6-20-21(12-17)29(15-24(20)7-8-24)23-26-13-18(14-27-23)16-3-2-4-19(25)11-16/h2-6,11-14,30H,7-10,15H2,1H3. The third-order valence-electron chi connectivity index (χ3n) is 6.24. The first-order valence-electron chi connectivity index (χ1n) is 10.4. The molecule has 7 heteroatoms. The Hall–Kier alpha value is -2.52. The summed E-state index contributed by atoms with van der Waals surface area (Å²) in [5.74, 6) is 0.566. The number of aliphatic hydroxyl groups excluding tert-OH is 1. The summed E-state index contributed by atoms with van der Waals surface area (Å²) in [7, 11) is 1.71. The molecule has 31 heavy (non-hydrogen) atoms. The molecular formula is C24H23IN4O2. The van der Waals surface area contributed by atoms with Gasteiger partial charge in [-0.15, -0.1) is 0 Å². The van der Waals surface area contributed by atoms with E-state index in [2.05, 4.69) is 61.7 Å². The summed E-state index contributed by atoms with van der Waals surface area (Å²) >= 11 is 2.30. The Morgan fingerprint density at radius 2 is 1.94 bits per heavy atom. The van der Waals surface area contributed by atoms with Crippen molar-refractivity contribution in [2.24, 2.45) is 0 Å². The van der Waals surface area contributed by atoms with Crippen molar-refractivity contribution in [3.8, 4) is 11.1 Å². The molecule has 0 atom stereocenters. The van der Waals surface area contributed by atoms with Crippen LogP contribution in [0, 0.1) is 3.57 Å². The largest absolute Gasteiger partial charge is 0.395 e. The van der Waals surface area contributed by atoms with E-state index >= 15 is 0 Å². The lowest BCUT2D eigenvalue weighted by molar-refractivity contribution is 0.0767. The maximum atomic E-state index is 12.7. The lowest BCUT2D eigenvalue weighted by Gasteiger charge is -2.19. The van der Waals surface area contributed by atoms with E-state index in [1.807, 2.05) is 30.6 Å². The zero-order valence-electron chi connectivity index (χ0n) is 17.3. The second-order valence-corrected chi connectivity index (χ2v) is 9.58. The van der Waals surface area contributed by atoms with Crippen LogP contribution in [0.5, 0.6) is 0 Å². The molecule has 1 fully saturated rings.